The molecule has 2 aromatic heterocycles. The molecular formula is C130H118N6O2S. The van der Waals surface area contributed by atoms with Crippen LogP contribution in [0.1, 0.15) is 158 Å². The molecule has 5 unspecified atom stereocenters. The van der Waals surface area contributed by atoms with E-state index in [1.54, 1.807) is 18.4 Å². The number of aryl methyl sites for hydroxylation is 5. The standard InChI is InChI=1S/C31H27N.C26H25NO.C26H23NO.C24H22N2.C23H21NS/c1-22-12-18-27(19-13-22)32-31-21-20-28(29-10-6-7-11-30(29)31)23(2)24-14-16-26(17-15-24)25-8-4-3-5-9-25;1-18-8-12-21(13-9-18)27-26-17-16-23(24-6-4-5-7-25(24)26)19(2)20-10-14-22(28-3)15-11-20;1-18-7-13-22(14-8-18)27-26-16-15-23(24-5-3-4-6-25(24)26)19(2)21-11-9-20(17-28)10-12-21;1-17-7-9-20(10-8-17)26-24-12-11-21(22-5-3-4-6-23(22)24)18(2)19-13-15-25-16-14-19;1-16-7-9-19(10-8-16)24-23-12-11-20(17(2)18-13-14-25-15-18)21-5-3-4-6-22(21)23/h3-21,23,32H,1-2H3;4-17,19,27H,1-3H3;3-17,19,27H,1-2H3;3-16,18,26H,1-2H3;3-15,17,24H,1-2H3. The fourth-order valence-corrected chi connectivity index (χ4v) is 19.2. The number of carbonyl (C=O) groups excluding carboxylic acids is 1. The number of aldehydes is 1. The van der Waals surface area contributed by atoms with Gasteiger partial charge in [0.05, 0.1) is 7.11 Å². The first kappa shape index (κ1) is 94.6. The topological polar surface area (TPSA) is 99.3 Å². The summed E-state index contributed by atoms with van der Waals surface area (Å²) in [5.74, 6) is 2.43. The molecule has 0 saturated heterocycles. The molecule has 0 aliphatic carbocycles. The van der Waals surface area contributed by atoms with Crippen LogP contribution in [-0.4, -0.2) is 18.4 Å². The van der Waals surface area contributed by atoms with Crippen molar-refractivity contribution in [3.8, 4) is 16.9 Å². The minimum absolute atomic E-state index is 0.235. The first-order valence-corrected chi connectivity index (χ1v) is 48.9. The molecule has 21 aromatic rings. The lowest BCUT2D eigenvalue weighted by Crippen LogP contribution is -1.99. The van der Waals surface area contributed by atoms with Gasteiger partial charge in [0.25, 0.3) is 0 Å². The van der Waals surface area contributed by atoms with Crippen LogP contribution in [0.4, 0.5) is 56.9 Å². The lowest BCUT2D eigenvalue weighted by Gasteiger charge is -2.18. The summed E-state index contributed by atoms with van der Waals surface area (Å²) in [6, 6.07) is 150. The molecule has 2 heterocycles. The zero-order valence-corrected chi connectivity index (χ0v) is 81.7. The number of nitrogens with one attached hydrogen (secondary N) is 5. The lowest BCUT2D eigenvalue weighted by atomic mass is 9.88. The Labute approximate surface area is 823 Å². The van der Waals surface area contributed by atoms with Gasteiger partial charge in [0.2, 0.25) is 0 Å². The van der Waals surface area contributed by atoms with Crippen molar-refractivity contribution in [3.05, 3.63) is 537 Å². The fraction of sp³-hybridized carbons (Fsp3) is 0.123. The summed E-state index contributed by atoms with van der Waals surface area (Å²) in [5, 5.41) is 34.9. The van der Waals surface area contributed by atoms with Crippen LogP contribution in [0.2, 0.25) is 0 Å². The van der Waals surface area contributed by atoms with Gasteiger partial charge in [-0.25, -0.2) is 0 Å². The van der Waals surface area contributed by atoms with Crippen LogP contribution in [0.15, 0.2) is 448 Å². The molecule has 0 radical (unpaired) electrons. The van der Waals surface area contributed by atoms with Gasteiger partial charge in [-0.1, -0.05) is 366 Å². The third kappa shape index (κ3) is 23.1. The Morgan fingerprint density at radius 1 is 0.245 bits per heavy atom. The number of benzene rings is 19. The molecule has 0 spiro atoms. The third-order valence-electron chi connectivity index (χ3n) is 26.7. The van der Waals surface area contributed by atoms with E-state index >= 15 is 0 Å². The van der Waals surface area contributed by atoms with E-state index in [4.69, 9.17) is 4.74 Å². The van der Waals surface area contributed by atoms with Crippen LogP contribution in [0.5, 0.6) is 5.75 Å². The Morgan fingerprint density at radius 3 is 0.755 bits per heavy atom. The van der Waals surface area contributed by atoms with Gasteiger partial charge >= 0.3 is 0 Å². The Morgan fingerprint density at radius 2 is 0.489 bits per heavy atom. The molecule has 21 rings (SSSR count). The smallest absolute Gasteiger partial charge is 0.150 e. The highest BCUT2D eigenvalue weighted by Crippen LogP contribution is 2.43. The first-order valence-electron chi connectivity index (χ1n) is 48.0. The molecule has 8 nitrogen and oxygen atoms in total. The minimum atomic E-state index is 0.235. The van der Waals surface area contributed by atoms with E-state index < -0.39 is 0 Å². The summed E-state index contributed by atoms with van der Waals surface area (Å²) in [7, 11) is 1.70. The van der Waals surface area contributed by atoms with Crippen molar-refractivity contribution < 1.29 is 9.53 Å². The van der Waals surface area contributed by atoms with Gasteiger partial charge in [-0.3, -0.25) is 9.78 Å². The third-order valence-corrected chi connectivity index (χ3v) is 27.4. The summed E-state index contributed by atoms with van der Waals surface area (Å²) >= 11 is 1.76. The Kier molecular flexibility index (Phi) is 30.6. The second-order valence-electron chi connectivity index (χ2n) is 36.2. The highest BCUT2D eigenvalue weighted by molar-refractivity contribution is 7.08. The van der Waals surface area contributed by atoms with Crippen LogP contribution in [0.25, 0.3) is 65.0 Å². The number of anilines is 10. The van der Waals surface area contributed by atoms with Crippen molar-refractivity contribution in [1.82, 2.24) is 4.98 Å². The summed E-state index contributed by atoms with van der Waals surface area (Å²) in [6.07, 6.45) is 4.61. The monoisotopic (exact) mass is 1830 g/mol. The van der Waals surface area contributed by atoms with E-state index in [0.717, 1.165) is 68.9 Å². The Balaban J connectivity index is 0.000000120. The number of rotatable bonds is 23. The number of nitrogens with zero attached hydrogens (tertiary/aromatic N) is 1. The van der Waals surface area contributed by atoms with Crippen LogP contribution in [0, 0.1) is 34.6 Å². The van der Waals surface area contributed by atoms with E-state index in [-0.39, 0.29) is 5.92 Å². The number of methoxy groups -OCH3 is 1. The van der Waals surface area contributed by atoms with E-state index in [1.807, 2.05) is 48.8 Å². The number of carbonyl (C=O) groups is 1. The molecular weight excluding hydrogens is 1710 g/mol. The zero-order chi connectivity index (χ0) is 96.1. The van der Waals surface area contributed by atoms with E-state index in [0.29, 0.717) is 29.2 Å². The fourth-order valence-electron chi connectivity index (χ4n) is 18.4. The summed E-state index contributed by atoms with van der Waals surface area (Å²) in [5.41, 5.74) is 33.9. The first-order chi connectivity index (χ1) is 67.9. The molecule has 19 aromatic carbocycles. The molecule has 0 aliphatic rings. The van der Waals surface area contributed by atoms with Crippen LogP contribution >= 0.6 is 11.3 Å². The van der Waals surface area contributed by atoms with Gasteiger partial charge in [0.1, 0.15) is 12.0 Å². The number of pyridine rings is 1. The van der Waals surface area contributed by atoms with Gasteiger partial charge in [-0.15, -0.1) is 0 Å². The molecule has 5 N–H and O–H groups in total. The number of thiophene rings is 1. The average Bonchev–Trinajstić information content (AvgIpc) is 1.42. The van der Waals surface area contributed by atoms with Crippen LogP contribution < -0.4 is 31.3 Å². The highest BCUT2D eigenvalue weighted by Gasteiger charge is 2.22. The van der Waals surface area contributed by atoms with Crippen molar-refractivity contribution in [2.45, 2.75) is 98.8 Å². The minimum Gasteiger partial charge on any atom is -0.497 e. The van der Waals surface area contributed by atoms with Gasteiger partial charge in [-0.2, -0.15) is 11.3 Å². The highest BCUT2D eigenvalue weighted by atomic mass is 32.1. The molecule has 0 saturated carbocycles. The van der Waals surface area contributed by atoms with Gasteiger partial charge in [0.15, 0.2) is 0 Å². The Bertz CT molecular complexity index is 7670. The molecule has 0 aliphatic heterocycles. The number of hydrogen-bond donors (Lipinski definition) is 5. The van der Waals surface area contributed by atoms with Crippen molar-refractivity contribution >= 4 is 128 Å². The molecule has 686 valence electrons. The largest absolute Gasteiger partial charge is 0.497 e. The van der Waals surface area contributed by atoms with Crippen molar-refractivity contribution in [3.63, 3.8) is 0 Å². The number of hydrogen-bond acceptors (Lipinski definition) is 9. The van der Waals surface area contributed by atoms with E-state index in [9.17, 15) is 4.79 Å². The second-order valence-corrected chi connectivity index (χ2v) is 37.0. The maximum atomic E-state index is 10.9. The summed E-state index contributed by atoms with van der Waals surface area (Å²) in [4.78, 5) is 15.1. The predicted octanol–water partition coefficient (Wildman–Crippen LogP) is 36.2. The van der Waals surface area contributed by atoms with Gasteiger partial charge in [-0.05, 0) is 260 Å². The van der Waals surface area contributed by atoms with Crippen LogP contribution in [-0.2, 0) is 0 Å². The quantitative estimate of drug-likeness (QED) is 0.0404. The van der Waals surface area contributed by atoms with Gasteiger partial charge < -0.3 is 31.3 Å². The summed E-state index contributed by atoms with van der Waals surface area (Å²) in [6.45, 7) is 21.8. The molecule has 5 atom stereocenters. The molecule has 0 bridgehead atoms. The van der Waals surface area contributed by atoms with E-state index in [1.165, 1.54) is 148 Å². The maximum Gasteiger partial charge on any atom is 0.150 e. The normalized spacial score (nSPS) is 12.0. The lowest BCUT2D eigenvalue weighted by molar-refractivity contribution is 0.112. The van der Waals surface area contributed by atoms with Crippen LogP contribution in [0.3, 0.4) is 0 Å². The van der Waals surface area contributed by atoms with Crippen molar-refractivity contribution in [2.24, 2.45) is 0 Å². The Hall–Kier alpha value is -16.2. The zero-order valence-electron chi connectivity index (χ0n) is 80.9. The predicted molar refractivity (Wildman–Crippen MR) is 595 cm³/mol. The number of aromatic nitrogens is 1. The number of fused-ring (bicyclic) bond motifs is 5. The molecule has 0 amide bonds. The average molecular weight is 1830 g/mol. The van der Waals surface area contributed by atoms with Crippen molar-refractivity contribution in [1.29, 1.82) is 0 Å². The second kappa shape index (κ2) is 45.0. The SMILES string of the molecule is COc1ccc(C(C)c2ccc(Nc3ccc(C)cc3)c3ccccc23)cc1.Cc1ccc(Nc2ccc(C(C)c3ccc(-c4ccccc4)cc3)c3ccccc23)cc1.Cc1ccc(Nc2ccc(C(C)c3ccc(C=O)cc3)c3ccccc23)cc1.Cc1ccc(Nc2ccc(C(C)c3ccncc3)c3ccccc23)cc1.Cc1ccc(Nc2ccc(C(C)c3ccsc3)c3ccccc23)cc1. The van der Waals surface area contributed by atoms with Gasteiger partial charge in [0, 0.05) is 131 Å². The van der Waals surface area contributed by atoms with E-state index in [2.05, 4.69) is 500 Å². The molecule has 139 heavy (non-hydrogen) atoms. The molecule has 9 heteroatoms. The number of ether oxygens (including phenoxy) is 1. The van der Waals surface area contributed by atoms with Crippen molar-refractivity contribution in [2.75, 3.05) is 33.7 Å². The maximum absolute atomic E-state index is 10.9. The molecule has 0 fully saturated rings. The summed E-state index contributed by atoms with van der Waals surface area (Å²) < 4.78 is 5.30.